The molecule has 0 saturated heterocycles. The third-order valence-corrected chi connectivity index (χ3v) is 6.04. The summed E-state index contributed by atoms with van der Waals surface area (Å²) >= 11 is 0. The number of aromatic nitrogens is 1. The molecule has 0 radical (unpaired) electrons. The van der Waals surface area contributed by atoms with Gasteiger partial charge in [-0.1, -0.05) is 0 Å². The fraction of sp³-hybridized carbons (Fsp3) is 0.409. The number of carbonyl (C=O) groups is 2. The van der Waals surface area contributed by atoms with Crippen molar-refractivity contribution in [1.82, 2.24) is 4.98 Å². The standard InChI is InChI=1S/C22H22N2O5/c1-3-27-11-22(10-25)18-15-9-13(8-12(2)19(15)29-20(18)22)28-16-6-7-23-21-14(16)4-5-17(26)24-21/h6-10,18,20H,3-5,11H2,1-2H3,(H,23,24,26). The van der Waals surface area contributed by atoms with Crippen molar-refractivity contribution in [3.63, 3.8) is 0 Å². The Kier molecular flexibility index (Phi) is 4.10. The number of aldehydes is 1. The van der Waals surface area contributed by atoms with Gasteiger partial charge in [-0.2, -0.15) is 0 Å². The van der Waals surface area contributed by atoms with Crippen LogP contribution in [0.2, 0.25) is 0 Å². The average molecular weight is 394 g/mol. The second-order valence-electron chi connectivity index (χ2n) is 7.83. The van der Waals surface area contributed by atoms with Gasteiger partial charge in [0.1, 0.15) is 35.5 Å². The summed E-state index contributed by atoms with van der Waals surface area (Å²) in [6.45, 7) is 4.82. The molecule has 1 fully saturated rings. The molecule has 1 aliphatic carbocycles. The monoisotopic (exact) mass is 394 g/mol. The molecule has 0 spiro atoms. The fourth-order valence-electron chi connectivity index (χ4n) is 4.50. The van der Waals surface area contributed by atoms with E-state index in [-0.39, 0.29) is 17.9 Å². The Balaban J connectivity index is 1.46. The minimum Gasteiger partial charge on any atom is -0.488 e. The predicted molar refractivity (Wildman–Crippen MR) is 105 cm³/mol. The Labute approximate surface area is 168 Å². The summed E-state index contributed by atoms with van der Waals surface area (Å²) in [5, 5.41) is 2.79. The molecule has 1 amide bonds. The number of anilines is 1. The van der Waals surface area contributed by atoms with E-state index < -0.39 is 5.41 Å². The van der Waals surface area contributed by atoms with Crippen molar-refractivity contribution in [2.24, 2.45) is 5.41 Å². The molecule has 150 valence electrons. The second-order valence-corrected chi connectivity index (χ2v) is 7.83. The van der Waals surface area contributed by atoms with Gasteiger partial charge in [-0.15, -0.1) is 0 Å². The van der Waals surface area contributed by atoms with E-state index in [1.54, 1.807) is 12.3 Å². The lowest BCUT2D eigenvalue weighted by Gasteiger charge is -2.20. The highest BCUT2D eigenvalue weighted by molar-refractivity contribution is 5.93. The Hall–Kier alpha value is -2.93. The zero-order valence-corrected chi connectivity index (χ0v) is 16.4. The quantitative estimate of drug-likeness (QED) is 0.758. The molecule has 3 unspecified atom stereocenters. The second kappa shape index (κ2) is 6.56. The Morgan fingerprint density at radius 2 is 2.24 bits per heavy atom. The van der Waals surface area contributed by atoms with Gasteiger partial charge in [0.05, 0.1) is 12.0 Å². The maximum Gasteiger partial charge on any atom is 0.225 e. The number of rotatable bonds is 6. The number of amides is 1. The summed E-state index contributed by atoms with van der Waals surface area (Å²) in [7, 11) is 0. The van der Waals surface area contributed by atoms with Gasteiger partial charge in [0.25, 0.3) is 0 Å². The fourth-order valence-corrected chi connectivity index (χ4v) is 4.50. The molecule has 3 atom stereocenters. The van der Waals surface area contributed by atoms with E-state index in [1.165, 1.54) is 0 Å². The summed E-state index contributed by atoms with van der Waals surface area (Å²) < 4.78 is 17.8. The minimum absolute atomic E-state index is 0.00515. The number of aryl methyl sites for hydroxylation is 1. The molecule has 1 N–H and O–H groups in total. The van der Waals surface area contributed by atoms with Crippen molar-refractivity contribution in [3.05, 3.63) is 41.1 Å². The first-order valence-corrected chi connectivity index (χ1v) is 9.88. The minimum atomic E-state index is -0.603. The molecule has 3 aliphatic rings. The van der Waals surface area contributed by atoms with Crippen molar-refractivity contribution in [2.75, 3.05) is 18.5 Å². The number of nitrogens with one attached hydrogen (secondary N) is 1. The van der Waals surface area contributed by atoms with Gasteiger partial charge in [0, 0.05) is 36.3 Å². The van der Waals surface area contributed by atoms with Crippen molar-refractivity contribution in [2.45, 2.75) is 38.7 Å². The number of nitrogens with zero attached hydrogens (tertiary/aromatic N) is 1. The Morgan fingerprint density at radius 3 is 3.03 bits per heavy atom. The van der Waals surface area contributed by atoms with Gasteiger partial charge >= 0.3 is 0 Å². The summed E-state index contributed by atoms with van der Waals surface area (Å²) in [6, 6.07) is 5.70. The van der Waals surface area contributed by atoms with Crippen LogP contribution in [0.3, 0.4) is 0 Å². The molecule has 2 aliphatic heterocycles. The number of benzene rings is 1. The smallest absolute Gasteiger partial charge is 0.225 e. The van der Waals surface area contributed by atoms with E-state index in [9.17, 15) is 9.59 Å². The summed E-state index contributed by atoms with van der Waals surface area (Å²) in [5.41, 5.74) is 2.25. The van der Waals surface area contributed by atoms with Crippen LogP contribution < -0.4 is 14.8 Å². The average Bonchev–Trinajstić information content (AvgIpc) is 3.16. The first kappa shape index (κ1) is 18.1. The van der Waals surface area contributed by atoms with Crippen LogP contribution in [-0.2, 0) is 20.7 Å². The maximum atomic E-state index is 11.8. The van der Waals surface area contributed by atoms with Crippen LogP contribution in [0, 0.1) is 12.3 Å². The highest BCUT2D eigenvalue weighted by Crippen LogP contribution is 2.67. The SMILES string of the molecule is CCOCC1(C=O)C2Oc3c(C)cc(Oc4ccnc5c4CCC(=O)N5)cc3C21. The van der Waals surface area contributed by atoms with E-state index in [4.69, 9.17) is 14.2 Å². The van der Waals surface area contributed by atoms with Crippen LogP contribution in [0.4, 0.5) is 5.82 Å². The lowest BCUT2D eigenvalue weighted by Crippen LogP contribution is -2.22. The molecule has 1 saturated carbocycles. The maximum absolute atomic E-state index is 11.8. The summed E-state index contributed by atoms with van der Waals surface area (Å²) in [5.74, 6) is 2.71. The van der Waals surface area contributed by atoms with Crippen LogP contribution in [-0.4, -0.2) is 36.5 Å². The molecule has 7 heteroatoms. The molecule has 1 aromatic heterocycles. The van der Waals surface area contributed by atoms with E-state index in [0.717, 1.165) is 28.7 Å². The normalized spacial score (nSPS) is 25.9. The van der Waals surface area contributed by atoms with Gasteiger partial charge in [-0.05, 0) is 44.0 Å². The Morgan fingerprint density at radius 1 is 1.38 bits per heavy atom. The number of fused-ring (bicyclic) bond motifs is 4. The van der Waals surface area contributed by atoms with Gasteiger partial charge in [-0.3, -0.25) is 4.79 Å². The van der Waals surface area contributed by atoms with E-state index in [1.807, 2.05) is 26.0 Å². The molecule has 7 nitrogen and oxygen atoms in total. The zero-order valence-electron chi connectivity index (χ0n) is 16.4. The van der Waals surface area contributed by atoms with Crippen molar-refractivity contribution >= 4 is 18.0 Å². The van der Waals surface area contributed by atoms with Crippen molar-refractivity contribution < 1.29 is 23.8 Å². The van der Waals surface area contributed by atoms with E-state index in [2.05, 4.69) is 10.3 Å². The van der Waals surface area contributed by atoms with Crippen LogP contribution >= 0.6 is 0 Å². The zero-order chi connectivity index (χ0) is 20.2. The molecule has 0 bridgehead atoms. The molecule has 5 rings (SSSR count). The number of carbonyl (C=O) groups excluding carboxylic acids is 2. The molecule has 29 heavy (non-hydrogen) atoms. The van der Waals surface area contributed by atoms with Crippen LogP contribution in [0.5, 0.6) is 17.2 Å². The third kappa shape index (κ3) is 2.72. The number of pyridine rings is 1. The van der Waals surface area contributed by atoms with Gasteiger partial charge in [0.15, 0.2) is 0 Å². The van der Waals surface area contributed by atoms with Crippen molar-refractivity contribution in [3.8, 4) is 17.2 Å². The molecule has 3 heterocycles. The topological polar surface area (TPSA) is 86.8 Å². The predicted octanol–water partition coefficient (Wildman–Crippen LogP) is 3.15. The van der Waals surface area contributed by atoms with Crippen molar-refractivity contribution in [1.29, 1.82) is 0 Å². The van der Waals surface area contributed by atoms with Crippen LogP contribution in [0.1, 0.15) is 36.0 Å². The lowest BCUT2D eigenvalue weighted by atomic mass is 9.98. The van der Waals surface area contributed by atoms with Crippen LogP contribution in [0.15, 0.2) is 24.4 Å². The number of ether oxygens (including phenoxy) is 3. The van der Waals surface area contributed by atoms with Gasteiger partial charge < -0.3 is 24.3 Å². The van der Waals surface area contributed by atoms with Gasteiger partial charge in [-0.25, -0.2) is 4.98 Å². The lowest BCUT2D eigenvalue weighted by molar-refractivity contribution is -0.117. The largest absolute Gasteiger partial charge is 0.488 e. The van der Waals surface area contributed by atoms with E-state index in [0.29, 0.717) is 43.4 Å². The highest BCUT2D eigenvalue weighted by Gasteiger charge is 2.72. The molecular formula is C22H22N2O5. The molecular weight excluding hydrogens is 372 g/mol. The molecule has 2 aromatic rings. The number of hydrogen-bond donors (Lipinski definition) is 1. The molecule has 1 aromatic carbocycles. The number of hydrogen-bond acceptors (Lipinski definition) is 6. The Bertz CT molecular complexity index is 1020. The highest BCUT2D eigenvalue weighted by atomic mass is 16.5. The first-order valence-electron chi connectivity index (χ1n) is 9.88. The first-order chi connectivity index (χ1) is 14.1. The summed E-state index contributed by atoms with van der Waals surface area (Å²) in [4.78, 5) is 27.7. The van der Waals surface area contributed by atoms with Crippen LogP contribution in [0.25, 0.3) is 0 Å². The third-order valence-electron chi connectivity index (χ3n) is 6.04. The van der Waals surface area contributed by atoms with E-state index >= 15 is 0 Å². The van der Waals surface area contributed by atoms with Gasteiger partial charge in [0.2, 0.25) is 5.91 Å². The summed E-state index contributed by atoms with van der Waals surface area (Å²) in [6.07, 6.45) is 3.44.